The minimum atomic E-state index is -0.721. The number of likely N-dealkylation sites (tertiary alicyclic amines) is 2. The van der Waals surface area contributed by atoms with Gasteiger partial charge in [-0.15, -0.1) is 0 Å². The number of hydrogen-bond donors (Lipinski definition) is 0. The van der Waals surface area contributed by atoms with E-state index in [1.807, 2.05) is 59.4 Å². The molecular weight excluding hydrogens is 548 g/mol. The van der Waals surface area contributed by atoms with Gasteiger partial charge in [-0.3, -0.25) is 9.69 Å². The number of anilines is 1. The zero-order chi connectivity index (χ0) is 30.7. The van der Waals surface area contributed by atoms with Crippen LogP contribution < -0.4 is 10.4 Å². The van der Waals surface area contributed by atoms with E-state index < -0.39 is 35.5 Å². The fourth-order valence-electron chi connectivity index (χ4n) is 7.92. The Morgan fingerprint density at radius 1 is 1.00 bits per heavy atom. The summed E-state index contributed by atoms with van der Waals surface area (Å²) in [5.41, 5.74) is 0.610. The molecule has 4 heterocycles. The number of piperidine rings is 1. The largest absolute Gasteiger partial charge is 0.494 e. The van der Waals surface area contributed by atoms with E-state index in [0.29, 0.717) is 38.5 Å². The van der Waals surface area contributed by atoms with Crippen LogP contribution >= 0.6 is 0 Å². The minimum absolute atomic E-state index is 0.0712. The first-order valence-electron chi connectivity index (χ1n) is 16.2. The zero-order valence-electron chi connectivity index (χ0n) is 26.9. The maximum Gasteiger partial charge on any atom is 0.494 e. The van der Waals surface area contributed by atoms with Crippen LogP contribution in [0.3, 0.4) is 0 Å². The van der Waals surface area contributed by atoms with E-state index in [0.717, 1.165) is 48.9 Å². The first kappa shape index (κ1) is 29.5. The number of nitrogens with zero attached hydrogens (tertiary/aromatic N) is 3. The topological polar surface area (TPSA) is 71.6 Å². The number of amides is 2. The molecule has 4 aliphatic heterocycles. The van der Waals surface area contributed by atoms with Gasteiger partial charge < -0.3 is 23.8 Å². The first-order valence-corrected chi connectivity index (χ1v) is 16.2. The van der Waals surface area contributed by atoms with Gasteiger partial charge >= 0.3 is 13.2 Å². The number of ether oxygens (including phenoxy) is 1. The highest BCUT2D eigenvalue weighted by Gasteiger charge is 2.60. The summed E-state index contributed by atoms with van der Waals surface area (Å²) in [7, 11) is -0.521. The van der Waals surface area contributed by atoms with Crippen LogP contribution in [0.1, 0.15) is 92.6 Å². The third kappa shape index (κ3) is 4.64. The molecule has 3 saturated heterocycles. The second-order valence-corrected chi connectivity index (χ2v) is 16.1. The van der Waals surface area contributed by atoms with Crippen LogP contribution in [0.25, 0.3) is 0 Å². The molecule has 1 aromatic carbocycles. The lowest BCUT2D eigenvalue weighted by Gasteiger charge is -2.46. The van der Waals surface area contributed by atoms with Crippen LogP contribution in [-0.2, 0) is 24.3 Å². The van der Waals surface area contributed by atoms with Gasteiger partial charge in [0.1, 0.15) is 11.8 Å². The first-order chi connectivity index (χ1) is 20.0. The maximum absolute atomic E-state index is 14.7. The van der Waals surface area contributed by atoms with Crippen LogP contribution in [0.15, 0.2) is 18.2 Å². The van der Waals surface area contributed by atoms with Crippen LogP contribution in [0.5, 0.6) is 0 Å². The zero-order valence-corrected chi connectivity index (χ0v) is 26.9. The molecule has 6 aliphatic rings. The van der Waals surface area contributed by atoms with E-state index in [1.54, 1.807) is 4.90 Å². The average Bonchev–Trinajstić information content (AvgIpc) is 3.49. The molecule has 1 atom stereocenters. The van der Waals surface area contributed by atoms with Crippen molar-refractivity contribution in [2.45, 2.75) is 127 Å². The van der Waals surface area contributed by atoms with E-state index in [2.05, 4.69) is 17.0 Å². The van der Waals surface area contributed by atoms with Crippen molar-refractivity contribution in [2.24, 2.45) is 5.41 Å². The highest BCUT2D eigenvalue weighted by molar-refractivity contribution is 6.62. The third-order valence-corrected chi connectivity index (χ3v) is 11.7. The molecule has 8 nitrogen and oxygen atoms in total. The van der Waals surface area contributed by atoms with Crippen molar-refractivity contribution >= 4 is 30.3 Å². The van der Waals surface area contributed by atoms with E-state index in [-0.39, 0.29) is 23.5 Å². The molecule has 1 unspecified atom stereocenters. The second kappa shape index (κ2) is 9.43. The molecule has 43 heavy (non-hydrogen) atoms. The standard InChI is InChI=1S/C33H47BFN3O5/c1-29(2,3)41-28(40)36-14-12-33(13-15-36)24-9-8-21(34-42-30(4,5)31(6,7)43-34)16-25(24)38(27(33)39)23-17-22(18-23)37-19-26(35)32(20-37)10-11-32/h8-9,16,22-23,26H,10-15,17-20H2,1-7H3/t22-,23+,26?. The van der Waals surface area contributed by atoms with Crippen molar-refractivity contribution < 1.29 is 28.0 Å². The Morgan fingerprint density at radius 3 is 2.19 bits per heavy atom. The molecule has 2 amide bonds. The number of hydrogen-bond acceptors (Lipinski definition) is 6. The fraction of sp³-hybridized carbons (Fsp3) is 0.758. The summed E-state index contributed by atoms with van der Waals surface area (Å²) in [5, 5.41) is 0. The van der Waals surface area contributed by atoms with Crippen molar-refractivity contribution in [3.8, 4) is 0 Å². The van der Waals surface area contributed by atoms with E-state index in [4.69, 9.17) is 14.0 Å². The lowest BCUT2D eigenvalue weighted by atomic mass is 9.71. The van der Waals surface area contributed by atoms with Crippen molar-refractivity contribution in [1.82, 2.24) is 9.80 Å². The summed E-state index contributed by atoms with van der Waals surface area (Å²) < 4.78 is 33.1. The number of rotatable bonds is 3. The summed E-state index contributed by atoms with van der Waals surface area (Å²) in [6.07, 6.45) is 3.78. The Morgan fingerprint density at radius 2 is 1.63 bits per heavy atom. The van der Waals surface area contributed by atoms with Gasteiger partial charge in [0.2, 0.25) is 5.91 Å². The molecule has 234 valence electrons. The number of halogens is 1. The Kier molecular flexibility index (Phi) is 6.48. The number of alkyl halides is 1. The van der Waals surface area contributed by atoms with Gasteiger partial charge in [0.25, 0.3) is 0 Å². The Balaban J connectivity index is 1.15. The van der Waals surface area contributed by atoms with Crippen LogP contribution in [-0.4, -0.2) is 90.2 Å². The van der Waals surface area contributed by atoms with Gasteiger partial charge in [-0.25, -0.2) is 9.18 Å². The van der Waals surface area contributed by atoms with Gasteiger partial charge in [-0.1, -0.05) is 12.1 Å². The van der Waals surface area contributed by atoms with Crippen molar-refractivity contribution in [3.05, 3.63) is 23.8 Å². The van der Waals surface area contributed by atoms with E-state index >= 15 is 0 Å². The minimum Gasteiger partial charge on any atom is -0.444 e. The van der Waals surface area contributed by atoms with Crippen LogP contribution in [0.4, 0.5) is 14.9 Å². The van der Waals surface area contributed by atoms with Gasteiger partial charge in [0, 0.05) is 49.4 Å². The molecule has 0 aromatic heterocycles. The molecule has 2 saturated carbocycles. The molecule has 10 heteroatoms. The molecule has 2 spiro atoms. The van der Waals surface area contributed by atoms with Crippen molar-refractivity contribution in [3.63, 3.8) is 0 Å². The molecule has 0 radical (unpaired) electrons. The van der Waals surface area contributed by atoms with Crippen LogP contribution in [0.2, 0.25) is 0 Å². The van der Waals surface area contributed by atoms with Gasteiger partial charge in [0.15, 0.2) is 0 Å². The predicted molar refractivity (Wildman–Crippen MR) is 163 cm³/mol. The molecule has 0 bridgehead atoms. The molecular formula is C33H47BFN3O5. The average molecular weight is 596 g/mol. The Hall–Kier alpha value is -2.17. The number of fused-ring (bicyclic) bond motifs is 2. The van der Waals surface area contributed by atoms with Gasteiger partial charge in [0.05, 0.1) is 16.6 Å². The maximum atomic E-state index is 14.7. The quantitative estimate of drug-likeness (QED) is 0.478. The highest BCUT2D eigenvalue weighted by Crippen LogP contribution is 2.56. The summed E-state index contributed by atoms with van der Waals surface area (Å²) in [4.78, 5) is 33.5. The molecule has 1 aromatic rings. The lowest BCUT2D eigenvalue weighted by molar-refractivity contribution is -0.126. The van der Waals surface area contributed by atoms with E-state index in [9.17, 15) is 14.0 Å². The number of benzene rings is 1. The summed E-state index contributed by atoms with van der Waals surface area (Å²) in [5.74, 6) is 0.129. The highest BCUT2D eigenvalue weighted by atomic mass is 19.1. The van der Waals surface area contributed by atoms with Gasteiger partial charge in [-0.05, 0) is 104 Å². The normalized spacial score (nSPS) is 32.0. The van der Waals surface area contributed by atoms with Crippen LogP contribution in [0, 0.1) is 5.41 Å². The second-order valence-electron chi connectivity index (χ2n) is 16.1. The molecule has 5 fully saturated rings. The fourth-order valence-corrected chi connectivity index (χ4v) is 7.92. The Bertz CT molecular complexity index is 1310. The van der Waals surface area contributed by atoms with Crippen molar-refractivity contribution in [1.29, 1.82) is 0 Å². The SMILES string of the molecule is CC(C)(C)OC(=O)N1CCC2(CC1)C(=O)N([C@H]1C[C@@H](N3CC(F)C4(CC4)C3)C1)c1cc(B3OC(C)(C)C(C)(C)O3)ccc12. The summed E-state index contributed by atoms with van der Waals surface area (Å²) >= 11 is 0. The summed E-state index contributed by atoms with van der Waals surface area (Å²) in [6.45, 7) is 16.1. The van der Waals surface area contributed by atoms with Gasteiger partial charge in [-0.2, -0.15) is 0 Å². The molecule has 0 N–H and O–H groups in total. The monoisotopic (exact) mass is 595 g/mol. The Labute approximate surface area is 255 Å². The lowest BCUT2D eigenvalue weighted by Crippen LogP contribution is -2.58. The third-order valence-electron chi connectivity index (χ3n) is 11.7. The molecule has 2 aliphatic carbocycles. The molecule has 7 rings (SSSR count). The summed E-state index contributed by atoms with van der Waals surface area (Å²) in [6, 6.07) is 6.63. The van der Waals surface area contributed by atoms with Crippen molar-refractivity contribution in [2.75, 3.05) is 31.1 Å². The number of carbonyl (C=O) groups is 2. The smallest absolute Gasteiger partial charge is 0.444 e. The number of carbonyl (C=O) groups excluding carboxylic acids is 2. The predicted octanol–water partition coefficient (Wildman–Crippen LogP) is 4.57. The van der Waals surface area contributed by atoms with E-state index in [1.165, 1.54) is 0 Å².